The van der Waals surface area contributed by atoms with Crippen LogP contribution in [-0.4, -0.2) is 50.9 Å². The first-order valence-corrected chi connectivity index (χ1v) is 11.8. The number of likely N-dealkylation sites (tertiary alicyclic amines) is 1. The molecule has 0 saturated carbocycles. The molecule has 0 bridgehead atoms. The van der Waals surface area contributed by atoms with E-state index in [1.165, 1.54) is 0 Å². The molecule has 1 saturated heterocycles. The number of hydrogen-bond acceptors (Lipinski definition) is 7. The van der Waals surface area contributed by atoms with Crippen molar-refractivity contribution in [3.05, 3.63) is 70.1 Å². The van der Waals surface area contributed by atoms with Crippen LogP contribution in [0.3, 0.4) is 0 Å². The van der Waals surface area contributed by atoms with E-state index in [4.69, 9.17) is 11.6 Å². The Morgan fingerprint density at radius 1 is 1.11 bits per heavy atom. The average Bonchev–Trinajstić information content (AvgIpc) is 3.51. The van der Waals surface area contributed by atoms with E-state index in [2.05, 4.69) is 30.1 Å². The standard InChI is InChI=1S/C22H20ClF3N6O2S/c23-16-5-3-13(4-6-16)17(12-32-7-1-2-8-32)28-20(34)18-21(35-31-30-18)29-19(33)14-9-15(11-27-10-14)22(24,25)26/h3-6,9-11,17H,1-2,7-8,12H2,(H,28,34)(H,29,33)/t17-/m1/s1. The van der Waals surface area contributed by atoms with Crippen LogP contribution in [-0.2, 0) is 6.18 Å². The normalized spacial score (nSPS) is 15.1. The van der Waals surface area contributed by atoms with E-state index < -0.39 is 23.6 Å². The summed E-state index contributed by atoms with van der Waals surface area (Å²) >= 11 is 6.75. The number of alkyl halides is 3. The van der Waals surface area contributed by atoms with Gasteiger partial charge >= 0.3 is 6.18 Å². The summed E-state index contributed by atoms with van der Waals surface area (Å²) in [6.07, 6.45) is -0.852. The van der Waals surface area contributed by atoms with Crippen molar-refractivity contribution >= 4 is 39.9 Å². The van der Waals surface area contributed by atoms with Crippen LogP contribution < -0.4 is 10.6 Å². The molecule has 1 aromatic carbocycles. The molecule has 8 nitrogen and oxygen atoms in total. The highest BCUT2D eigenvalue weighted by molar-refractivity contribution is 7.10. The fraction of sp³-hybridized carbons (Fsp3) is 0.318. The maximum absolute atomic E-state index is 13.1. The molecule has 1 fully saturated rings. The third kappa shape index (κ3) is 6.32. The van der Waals surface area contributed by atoms with Gasteiger partial charge in [0.15, 0.2) is 5.69 Å². The van der Waals surface area contributed by atoms with Gasteiger partial charge < -0.3 is 15.5 Å². The van der Waals surface area contributed by atoms with Crippen molar-refractivity contribution in [1.82, 2.24) is 24.8 Å². The number of rotatable bonds is 7. The van der Waals surface area contributed by atoms with E-state index in [1.54, 1.807) is 12.1 Å². The van der Waals surface area contributed by atoms with Gasteiger partial charge in [-0.1, -0.05) is 28.2 Å². The van der Waals surface area contributed by atoms with Crippen LogP contribution in [0.1, 0.15) is 50.9 Å². The fourth-order valence-corrected chi connectivity index (χ4v) is 4.38. The lowest BCUT2D eigenvalue weighted by Crippen LogP contribution is -2.37. The summed E-state index contributed by atoms with van der Waals surface area (Å²) in [5, 5.41) is 9.76. The molecule has 1 aliphatic heterocycles. The van der Waals surface area contributed by atoms with Gasteiger partial charge in [-0.25, -0.2) is 0 Å². The molecule has 2 amide bonds. The molecule has 1 atom stereocenters. The molecule has 0 spiro atoms. The second-order valence-corrected chi connectivity index (χ2v) is 9.14. The van der Waals surface area contributed by atoms with E-state index in [9.17, 15) is 22.8 Å². The molecule has 184 valence electrons. The van der Waals surface area contributed by atoms with Gasteiger partial charge in [-0.2, -0.15) is 13.2 Å². The van der Waals surface area contributed by atoms with Crippen molar-refractivity contribution in [2.75, 3.05) is 25.0 Å². The molecule has 1 aliphatic rings. The number of halogens is 4. The molecule has 3 aromatic rings. The van der Waals surface area contributed by atoms with E-state index in [1.807, 2.05) is 12.1 Å². The van der Waals surface area contributed by atoms with E-state index in [-0.39, 0.29) is 22.3 Å². The Kier molecular flexibility index (Phi) is 7.63. The van der Waals surface area contributed by atoms with Gasteiger partial charge in [0.1, 0.15) is 5.00 Å². The van der Waals surface area contributed by atoms with Crippen LogP contribution in [0.2, 0.25) is 5.02 Å². The van der Waals surface area contributed by atoms with Gasteiger partial charge in [0.05, 0.1) is 17.2 Å². The van der Waals surface area contributed by atoms with E-state index >= 15 is 0 Å². The number of nitrogens with zero attached hydrogens (tertiary/aromatic N) is 4. The lowest BCUT2D eigenvalue weighted by atomic mass is 10.1. The summed E-state index contributed by atoms with van der Waals surface area (Å²) < 4.78 is 42.6. The molecule has 35 heavy (non-hydrogen) atoms. The number of amides is 2. The Bertz CT molecular complexity index is 1200. The molecule has 0 radical (unpaired) electrons. The molecule has 0 aliphatic carbocycles. The molecule has 4 rings (SSSR count). The van der Waals surface area contributed by atoms with E-state index in [0.717, 1.165) is 49.2 Å². The number of nitrogens with one attached hydrogen (secondary N) is 2. The number of aromatic nitrogens is 3. The molecular formula is C22H20ClF3N6O2S. The van der Waals surface area contributed by atoms with Crippen LogP contribution >= 0.6 is 23.1 Å². The largest absolute Gasteiger partial charge is 0.417 e. The molecule has 2 aromatic heterocycles. The number of anilines is 1. The number of carbonyl (C=O) groups excluding carboxylic acids is 2. The Labute approximate surface area is 207 Å². The van der Waals surface area contributed by atoms with Crippen molar-refractivity contribution in [1.29, 1.82) is 0 Å². The second kappa shape index (κ2) is 10.7. The maximum Gasteiger partial charge on any atom is 0.417 e. The van der Waals surface area contributed by atoms with Gasteiger partial charge in [-0.15, -0.1) is 5.10 Å². The van der Waals surface area contributed by atoms with Gasteiger partial charge in [0.25, 0.3) is 11.8 Å². The number of hydrogen-bond donors (Lipinski definition) is 2. The lowest BCUT2D eigenvalue weighted by Gasteiger charge is -2.24. The van der Waals surface area contributed by atoms with Crippen LogP contribution in [0.5, 0.6) is 0 Å². The number of benzene rings is 1. The summed E-state index contributed by atoms with van der Waals surface area (Å²) in [5.74, 6) is -1.44. The Morgan fingerprint density at radius 2 is 1.83 bits per heavy atom. The topological polar surface area (TPSA) is 100 Å². The fourth-order valence-electron chi connectivity index (χ4n) is 3.70. The molecule has 0 unspecified atom stereocenters. The first kappa shape index (κ1) is 25.0. The minimum absolute atomic E-state index is 0.0148. The number of carbonyl (C=O) groups is 2. The zero-order valence-electron chi connectivity index (χ0n) is 18.2. The van der Waals surface area contributed by atoms with Gasteiger partial charge in [-0.05, 0) is 49.7 Å². The zero-order valence-corrected chi connectivity index (χ0v) is 19.8. The van der Waals surface area contributed by atoms with Crippen molar-refractivity contribution in [3.8, 4) is 0 Å². The molecule has 2 N–H and O–H groups in total. The van der Waals surface area contributed by atoms with Gasteiger partial charge in [0.2, 0.25) is 0 Å². The lowest BCUT2D eigenvalue weighted by molar-refractivity contribution is -0.137. The third-order valence-electron chi connectivity index (χ3n) is 5.48. The Balaban J connectivity index is 1.50. The smallest absolute Gasteiger partial charge is 0.342 e. The summed E-state index contributed by atoms with van der Waals surface area (Å²) in [7, 11) is 0. The van der Waals surface area contributed by atoms with Crippen LogP contribution in [0.25, 0.3) is 0 Å². The Hall–Kier alpha value is -3.09. The summed E-state index contributed by atoms with van der Waals surface area (Å²) in [6.45, 7) is 2.41. The quantitative estimate of drug-likeness (QED) is 0.474. The Morgan fingerprint density at radius 3 is 2.51 bits per heavy atom. The second-order valence-electron chi connectivity index (χ2n) is 7.95. The van der Waals surface area contributed by atoms with Crippen LogP contribution in [0.15, 0.2) is 42.7 Å². The van der Waals surface area contributed by atoms with Crippen molar-refractivity contribution < 1.29 is 22.8 Å². The highest BCUT2D eigenvalue weighted by Crippen LogP contribution is 2.29. The van der Waals surface area contributed by atoms with Crippen LogP contribution in [0, 0.1) is 0 Å². The summed E-state index contributed by atoms with van der Waals surface area (Å²) in [6, 6.07) is 7.43. The minimum Gasteiger partial charge on any atom is -0.342 e. The molecule has 13 heteroatoms. The maximum atomic E-state index is 13.1. The SMILES string of the molecule is O=C(Nc1snnc1C(=O)N[C@H](CN1CCCC1)c1ccc(Cl)cc1)c1cncc(C(F)(F)F)c1. The predicted octanol–water partition coefficient (Wildman–Crippen LogP) is 4.42. The van der Waals surface area contributed by atoms with Gasteiger partial charge in [0, 0.05) is 35.5 Å². The average molecular weight is 525 g/mol. The third-order valence-corrected chi connectivity index (χ3v) is 6.37. The van der Waals surface area contributed by atoms with Crippen molar-refractivity contribution in [2.45, 2.75) is 25.1 Å². The highest BCUT2D eigenvalue weighted by atomic mass is 35.5. The first-order chi connectivity index (χ1) is 16.7. The summed E-state index contributed by atoms with van der Waals surface area (Å²) in [5.41, 5.74) is -0.659. The van der Waals surface area contributed by atoms with Gasteiger partial charge in [-0.3, -0.25) is 14.6 Å². The minimum atomic E-state index is -4.65. The molecule has 3 heterocycles. The highest BCUT2D eigenvalue weighted by Gasteiger charge is 2.32. The zero-order chi connectivity index (χ0) is 25.0. The predicted molar refractivity (Wildman–Crippen MR) is 124 cm³/mol. The monoisotopic (exact) mass is 524 g/mol. The first-order valence-electron chi connectivity index (χ1n) is 10.7. The summed E-state index contributed by atoms with van der Waals surface area (Å²) in [4.78, 5) is 31.4. The molecular weight excluding hydrogens is 505 g/mol. The number of pyridine rings is 1. The van der Waals surface area contributed by atoms with Crippen molar-refractivity contribution in [2.24, 2.45) is 0 Å². The van der Waals surface area contributed by atoms with Crippen molar-refractivity contribution in [3.63, 3.8) is 0 Å². The van der Waals surface area contributed by atoms with Crippen LogP contribution in [0.4, 0.5) is 18.2 Å². The van der Waals surface area contributed by atoms with E-state index in [0.29, 0.717) is 23.8 Å².